The van der Waals surface area contributed by atoms with E-state index in [0.717, 1.165) is 0 Å². The molecule has 0 saturated heterocycles. The van der Waals surface area contributed by atoms with Crippen LogP contribution in [0.1, 0.15) is 30.6 Å². The summed E-state index contributed by atoms with van der Waals surface area (Å²) < 4.78 is 26.7. The molecule has 0 aliphatic heterocycles. The number of nitrogens with two attached hydrogens (primary N) is 1. The molecule has 18 heavy (non-hydrogen) atoms. The molecule has 0 bridgehead atoms. The van der Waals surface area contributed by atoms with E-state index in [2.05, 4.69) is 4.72 Å². The van der Waals surface area contributed by atoms with Gasteiger partial charge in [-0.2, -0.15) is 0 Å². The monoisotopic (exact) mass is 271 g/mol. The molecule has 1 unspecified atom stereocenters. The summed E-state index contributed by atoms with van der Waals surface area (Å²) in [6.45, 7) is 3.62. The molecule has 0 aliphatic rings. The first-order valence-corrected chi connectivity index (χ1v) is 7.03. The Morgan fingerprint density at radius 1 is 1.39 bits per heavy atom. The molecule has 0 aromatic heterocycles. The Kier molecular flexibility index (Phi) is 4.83. The molecule has 100 valence electrons. The largest absolute Gasteiger partial charge is 0.290 e. The van der Waals surface area contributed by atoms with E-state index < -0.39 is 15.9 Å². The minimum absolute atomic E-state index is 0.0239. The highest BCUT2D eigenvalue weighted by Crippen LogP contribution is 2.15. The summed E-state index contributed by atoms with van der Waals surface area (Å²) in [7, 11) is -3.72. The van der Waals surface area contributed by atoms with Gasteiger partial charge in [-0.15, -0.1) is 0 Å². The zero-order valence-electron chi connectivity index (χ0n) is 10.3. The Labute approximate surface area is 107 Å². The fraction of sp³-hybridized carbons (Fsp3) is 0.364. The van der Waals surface area contributed by atoms with E-state index in [1.54, 1.807) is 19.1 Å². The molecule has 4 N–H and O–H groups in total. The van der Waals surface area contributed by atoms with E-state index in [4.69, 9.17) is 5.84 Å². The first-order valence-electron chi connectivity index (χ1n) is 5.54. The van der Waals surface area contributed by atoms with Crippen LogP contribution in [0.25, 0.3) is 0 Å². The smallest absolute Gasteiger partial charge is 0.266 e. The van der Waals surface area contributed by atoms with Gasteiger partial charge in [-0.3, -0.25) is 10.2 Å². The third-order valence-corrected chi connectivity index (χ3v) is 4.17. The van der Waals surface area contributed by atoms with Crippen molar-refractivity contribution in [3.05, 3.63) is 29.8 Å². The fourth-order valence-corrected chi connectivity index (χ4v) is 2.91. The Balaban J connectivity index is 3.20. The molecule has 1 rings (SSSR count). The maximum absolute atomic E-state index is 12.1. The van der Waals surface area contributed by atoms with Gasteiger partial charge in [0.1, 0.15) is 0 Å². The summed E-state index contributed by atoms with van der Waals surface area (Å²) >= 11 is 0. The van der Waals surface area contributed by atoms with Gasteiger partial charge in [0.2, 0.25) is 10.0 Å². The highest BCUT2D eigenvalue weighted by atomic mass is 32.2. The van der Waals surface area contributed by atoms with Crippen molar-refractivity contribution in [2.45, 2.75) is 31.2 Å². The van der Waals surface area contributed by atoms with Gasteiger partial charge in [-0.05, 0) is 25.5 Å². The molecule has 0 radical (unpaired) electrons. The lowest BCUT2D eigenvalue weighted by molar-refractivity contribution is 0.0950. The molecule has 0 spiro atoms. The van der Waals surface area contributed by atoms with E-state index in [9.17, 15) is 13.2 Å². The van der Waals surface area contributed by atoms with Gasteiger partial charge in [-0.1, -0.05) is 19.1 Å². The maximum Gasteiger partial charge on any atom is 0.266 e. The van der Waals surface area contributed by atoms with Crippen LogP contribution in [-0.2, 0) is 10.0 Å². The van der Waals surface area contributed by atoms with Gasteiger partial charge in [0.15, 0.2) is 0 Å². The highest BCUT2D eigenvalue weighted by Gasteiger charge is 2.22. The molecule has 0 fully saturated rings. The van der Waals surface area contributed by atoms with Crippen LogP contribution in [-0.4, -0.2) is 20.4 Å². The van der Waals surface area contributed by atoms with E-state index >= 15 is 0 Å². The molecule has 0 saturated carbocycles. The van der Waals surface area contributed by atoms with Crippen LogP contribution in [0.3, 0.4) is 0 Å². The van der Waals surface area contributed by atoms with Crippen molar-refractivity contribution in [2.75, 3.05) is 0 Å². The molecule has 1 aromatic rings. The average molecular weight is 271 g/mol. The molecular formula is C11H17N3O3S. The standard InChI is InChI=1S/C11H17N3O3S/c1-3-8(2)14-18(16,17)10-7-5-4-6-9(10)11(15)13-12/h4-8,14H,3,12H2,1-2H3,(H,13,15). The summed E-state index contributed by atoms with van der Waals surface area (Å²) in [5.41, 5.74) is 1.95. The van der Waals surface area contributed by atoms with Crippen molar-refractivity contribution in [2.24, 2.45) is 5.84 Å². The van der Waals surface area contributed by atoms with Gasteiger partial charge >= 0.3 is 0 Å². The SMILES string of the molecule is CCC(C)NS(=O)(=O)c1ccccc1C(=O)NN. The van der Waals surface area contributed by atoms with Gasteiger partial charge in [0.25, 0.3) is 5.91 Å². The summed E-state index contributed by atoms with van der Waals surface area (Å²) in [5.74, 6) is 4.39. The lowest BCUT2D eigenvalue weighted by Crippen LogP contribution is -2.35. The number of carbonyl (C=O) groups excluding carboxylic acids is 1. The van der Waals surface area contributed by atoms with E-state index in [1.165, 1.54) is 12.1 Å². The number of carbonyl (C=O) groups is 1. The Morgan fingerprint density at radius 3 is 2.56 bits per heavy atom. The number of benzene rings is 1. The number of hydrogen-bond acceptors (Lipinski definition) is 4. The van der Waals surface area contributed by atoms with Crippen LogP contribution >= 0.6 is 0 Å². The van der Waals surface area contributed by atoms with Crippen molar-refractivity contribution in [1.82, 2.24) is 10.1 Å². The number of hydrazine groups is 1. The number of sulfonamides is 1. The Hall–Kier alpha value is -1.44. The summed E-state index contributed by atoms with van der Waals surface area (Å²) in [6.07, 6.45) is 0.657. The predicted molar refractivity (Wildman–Crippen MR) is 68.2 cm³/mol. The van der Waals surface area contributed by atoms with E-state index in [1.807, 2.05) is 12.3 Å². The number of nitrogen functional groups attached to an aromatic ring is 1. The van der Waals surface area contributed by atoms with Gasteiger partial charge < -0.3 is 0 Å². The normalized spacial score (nSPS) is 13.1. The zero-order valence-corrected chi connectivity index (χ0v) is 11.1. The van der Waals surface area contributed by atoms with Crippen LogP contribution in [0.15, 0.2) is 29.2 Å². The number of amides is 1. The minimum Gasteiger partial charge on any atom is -0.290 e. The highest BCUT2D eigenvalue weighted by molar-refractivity contribution is 7.89. The molecule has 1 amide bonds. The topological polar surface area (TPSA) is 101 Å². The first kappa shape index (κ1) is 14.6. The summed E-state index contributed by atoms with van der Waals surface area (Å²) in [4.78, 5) is 11.4. The van der Waals surface area contributed by atoms with Crippen molar-refractivity contribution < 1.29 is 13.2 Å². The molecule has 6 nitrogen and oxygen atoms in total. The minimum atomic E-state index is -3.72. The maximum atomic E-state index is 12.1. The van der Waals surface area contributed by atoms with Crippen molar-refractivity contribution >= 4 is 15.9 Å². The second-order valence-electron chi connectivity index (χ2n) is 3.90. The molecule has 7 heteroatoms. The second kappa shape index (κ2) is 5.94. The fourth-order valence-electron chi connectivity index (χ4n) is 1.38. The molecule has 1 aromatic carbocycles. The molecular weight excluding hydrogens is 254 g/mol. The van der Waals surface area contributed by atoms with Crippen molar-refractivity contribution in [1.29, 1.82) is 0 Å². The predicted octanol–water partition coefficient (Wildman–Crippen LogP) is 0.367. The lowest BCUT2D eigenvalue weighted by atomic mass is 10.2. The van der Waals surface area contributed by atoms with Crippen LogP contribution < -0.4 is 16.0 Å². The van der Waals surface area contributed by atoms with Crippen molar-refractivity contribution in [3.63, 3.8) is 0 Å². The van der Waals surface area contributed by atoms with Gasteiger partial charge in [0, 0.05) is 6.04 Å². The average Bonchev–Trinajstić information content (AvgIpc) is 2.37. The quantitative estimate of drug-likeness (QED) is 0.409. The first-order chi connectivity index (χ1) is 8.42. The van der Waals surface area contributed by atoms with Gasteiger partial charge in [0.05, 0.1) is 10.5 Å². The molecule has 0 aliphatic carbocycles. The number of rotatable bonds is 5. The van der Waals surface area contributed by atoms with Crippen LogP contribution in [0.5, 0.6) is 0 Å². The Morgan fingerprint density at radius 2 is 2.00 bits per heavy atom. The number of nitrogens with one attached hydrogen (secondary N) is 2. The third kappa shape index (κ3) is 3.28. The Bertz CT molecular complexity index is 528. The van der Waals surface area contributed by atoms with Gasteiger partial charge in [-0.25, -0.2) is 19.0 Å². The third-order valence-electron chi connectivity index (χ3n) is 2.52. The second-order valence-corrected chi connectivity index (χ2v) is 5.58. The van der Waals surface area contributed by atoms with E-state index in [-0.39, 0.29) is 16.5 Å². The molecule has 1 atom stereocenters. The molecule has 0 heterocycles. The zero-order chi connectivity index (χ0) is 13.8. The van der Waals surface area contributed by atoms with Crippen LogP contribution in [0, 0.1) is 0 Å². The summed E-state index contributed by atoms with van der Waals surface area (Å²) in [6, 6.07) is 5.71. The lowest BCUT2D eigenvalue weighted by Gasteiger charge is -2.14. The van der Waals surface area contributed by atoms with Crippen LogP contribution in [0.2, 0.25) is 0 Å². The van der Waals surface area contributed by atoms with E-state index in [0.29, 0.717) is 6.42 Å². The van der Waals surface area contributed by atoms with Crippen LogP contribution in [0.4, 0.5) is 0 Å². The number of hydrogen-bond donors (Lipinski definition) is 3. The van der Waals surface area contributed by atoms with Crippen molar-refractivity contribution in [3.8, 4) is 0 Å². The summed E-state index contributed by atoms with van der Waals surface area (Å²) in [5, 5.41) is 0.